The summed E-state index contributed by atoms with van der Waals surface area (Å²) < 4.78 is 38.3. The van der Waals surface area contributed by atoms with Crippen LogP contribution in [-0.2, 0) is 11.0 Å². The van der Waals surface area contributed by atoms with Crippen LogP contribution in [0.2, 0.25) is 0 Å². The van der Waals surface area contributed by atoms with E-state index in [9.17, 15) is 27.6 Å². The molecule has 1 heterocycles. The molecule has 0 aromatic heterocycles. The van der Waals surface area contributed by atoms with Gasteiger partial charge in [-0.2, -0.15) is 13.2 Å². The van der Waals surface area contributed by atoms with Crippen LogP contribution < -0.4 is 10.6 Å². The van der Waals surface area contributed by atoms with E-state index in [0.29, 0.717) is 38.0 Å². The van der Waals surface area contributed by atoms with E-state index < -0.39 is 17.8 Å². The molecule has 0 bridgehead atoms. The number of amides is 3. The Kier molecular flexibility index (Phi) is 8.31. The van der Waals surface area contributed by atoms with E-state index >= 15 is 0 Å². The van der Waals surface area contributed by atoms with Crippen molar-refractivity contribution in [3.63, 3.8) is 0 Å². The fourth-order valence-electron chi connectivity index (χ4n) is 3.99. The van der Waals surface area contributed by atoms with Crippen molar-refractivity contribution in [3.8, 4) is 0 Å². The molecule has 0 saturated carbocycles. The molecule has 0 aliphatic carbocycles. The van der Waals surface area contributed by atoms with Crippen molar-refractivity contribution in [2.75, 3.05) is 19.6 Å². The highest BCUT2D eigenvalue weighted by atomic mass is 19.4. The van der Waals surface area contributed by atoms with E-state index in [2.05, 4.69) is 10.6 Å². The molecule has 3 rings (SSSR count). The van der Waals surface area contributed by atoms with Gasteiger partial charge in [-0.1, -0.05) is 25.1 Å². The first-order chi connectivity index (χ1) is 16.2. The average Bonchev–Trinajstić information content (AvgIpc) is 2.85. The van der Waals surface area contributed by atoms with Crippen LogP contribution in [0.1, 0.15) is 52.5 Å². The molecule has 2 N–H and O–H groups in total. The Morgan fingerprint density at radius 1 is 0.971 bits per heavy atom. The van der Waals surface area contributed by atoms with Crippen molar-refractivity contribution in [2.45, 2.75) is 38.4 Å². The Bertz CT molecular complexity index is 986. The summed E-state index contributed by atoms with van der Waals surface area (Å²) in [5.41, 5.74) is -0.176. The first-order valence-electron chi connectivity index (χ1n) is 11.3. The van der Waals surface area contributed by atoms with Crippen molar-refractivity contribution in [3.05, 3.63) is 71.3 Å². The van der Waals surface area contributed by atoms with Crippen LogP contribution in [0.15, 0.2) is 54.6 Å². The number of nitrogens with one attached hydrogen (secondary N) is 2. The molecular formula is C25H28F3N3O3. The molecule has 0 radical (unpaired) electrons. The van der Waals surface area contributed by atoms with Crippen LogP contribution in [0.3, 0.4) is 0 Å². The Balaban J connectivity index is 1.65. The maximum atomic E-state index is 12.8. The molecule has 0 spiro atoms. The van der Waals surface area contributed by atoms with Gasteiger partial charge in [0.05, 0.1) is 5.56 Å². The molecule has 1 aliphatic rings. The lowest BCUT2D eigenvalue weighted by Crippen LogP contribution is -2.54. The van der Waals surface area contributed by atoms with Gasteiger partial charge in [0.2, 0.25) is 5.91 Å². The van der Waals surface area contributed by atoms with E-state index in [1.807, 2.05) is 6.92 Å². The summed E-state index contributed by atoms with van der Waals surface area (Å²) in [5.74, 6) is -1.15. The zero-order valence-electron chi connectivity index (χ0n) is 18.9. The van der Waals surface area contributed by atoms with Gasteiger partial charge in [0.25, 0.3) is 11.8 Å². The molecule has 1 fully saturated rings. The van der Waals surface area contributed by atoms with Crippen molar-refractivity contribution >= 4 is 17.7 Å². The first-order valence-corrected chi connectivity index (χ1v) is 11.3. The van der Waals surface area contributed by atoms with Gasteiger partial charge in [-0.3, -0.25) is 14.4 Å². The average molecular weight is 476 g/mol. The predicted molar refractivity (Wildman–Crippen MR) is 121 cm³/mol. The minimum atomic E-state index is -4.46. The number of carbonyl (C=O) groups excluding carboxylic acids is 3. The van der Waals surface area contributed by atoms with Gasteiger partial charge in [0.1, 0.15) is 6.04 Å². The lowest BCUT2D eigenvalue weighted by Gasteiger charge is -2.36. The van der Waals surface area contributed by atoms with Crippen molar-refractivity contribution in [1.29, 1.82) is 0 Å². The smallest absolute Gasteiger partial charge is 0.354 e. The molecule has 2 aromatic rings. The largest absolute Gasteiger partial charge is 0.416 e. The third-order valence-corrected chi connectivity index (χ3v) is 5.91. The fraction of sp³-hybridized carbons (Fsp3) is 0.400. The van der Waals surface area contributed by atoms with Crippen LogP contribution >= 0.6 is 0 Å². The highest BCUT2D eigenvalue weighted by Gasteiger charge is 2.34. The summed E-state index contributed by atoms with van der Waals surface area (Å²) in [4.78, 5) is 39.9. The maximum absolute atomic E-state index is 12.8. The highest BCUT2D eigenvalue weighted by Crippen LogP contribution is 2.29. The van der Waals surface area contributed by atoms with Gasteiger partial charge in [-0.25, -0.2) is 0 Å². The highest BCUT2D eigenvalue weighted by molar-refractivity contribution is 5.97. The van der Waals surface area contributed by atoms with Crippen LogP contribution in [-0.4, -0.2) is 48.3 Å². The predicted octanol–water partition coefficient (Wildman–Crippen LogP) is 3.88. The van der Waals surface area contributed by atoms with Gasteiger partial charge < -0.3 is 15.5 Å². The van der Waals surface area contributed by atoms with E-state index in [1.54, 1.807) is 35.2 Å². The number of nitrogens with zero attached hydrogens (tertiary/aromatic N) is 1. The topological polar surface area (TPSA) is 78.5 Å². The third-order valence-electron chi connectivity index (χ3n) is 5.91. The summed E-state index contributed by atoms with van der Waals surface area (Å²) in [5, 5.41) is 5.68. The van der Waals surface area contributed by atoms with Crippen LogP contribution in [0.4, 0.5) is 13.2 Å². The Labute approximate surface area is 196 Å². The van der Waals surface area contributed by atoms with Crippen LogP contribution in [0.5, 0.6) is 0 Å². The molecule has 6 nitrogen and oxygen atoms in total. The summed E-state index contributed by atoms with van der Waals surface area (Å²) in [6, 6.07) is 12.0. The maximum Gasteiger partial charge on any atom is 0.416 e. The number of rotatable bonds is 7. The van der Waals surface area contributed by atoms with Crippen LogP contribution in [0.25, 0.3) is 0 Å². The second-order valence-corrected chi connectivity index (χ2v) is 8.31. The number of hydrogen-bond acceptors (Lipinski definition) is 3. The molecule has 0 unspecified atom stereocenters. The quantitative estimate of drug-likeness (QED) is 0.638. The van der Waals surface area contributed by atoms with E-state index in [0.717, 1.165) is 18.6 Å². The molecule has 1 saturated heterocycles. The number of likely N-dealkylation sites (tertiary alicyclic amines) is 1. The Hall–Kier alpha value is -3.36. The lowest BCUT2D eigenvalue weighted by atomic mass is 9.88. The number of halogens is 3. The van der Waals surface area contributed by atoms with Gasteiger partial charge in [0.15, 0.2) is 0 Å². The fourth-order valence-corrected chi connectivity index (χ4v) is 3.99. The molecule has 34 heavy (non-hydrogen) atoms. The van der Waals surface area contributed by atoms with Gasteiger partial charge >= 0.3 is 6.18 Å². The molecule has 1 atom stereocenters. The standard InChI is InChI=1S/C25H28F3N3O3/c1-2-14-29-23(33)21(30-22(32)18-6-4-3-5-7-18)17-12-15-31(16-13-17)24(34)19-8-10-20(11-9-19)25(26,27)28/h3-11,17,21H,2,12-16H2,1H3,(H,29,33)(H,30,32)/t21-/m1/s1. The summed E-state index contributed by atoms with van der Waals surface area (Å²) in [6.45, 7) is 3.09. The van der Waals surface area contributed by atoms with Gasteiger partial charge in [-0.15, -0.1) is 0 Å². The van der Waals surface area contributed by atoms with Gasteiger partial charge in [0, 0.05) is 30.8 Å². The number of piperidine rings is 1. The minimum Gasteiger partial charge on any atom is -0.354 e. The van der Waals surface area contributed by atoms with Crippen LogP contribution in [0, 0.1) is 5.92 Å². The molecule has 3 amide bonds. The Morgan fingerprint density at radius 3 is 2.15 bits per heavy atom. The monoisotopic (exact) mass is 475 g/mol. The molecule has 1 aliphatic heterocycles. The number of benzene rings is 2. The number of carbonyl (C=O) groups is 3. The van der Waals surface area contributed by atoms with E-state index in [-0.39, 0.29) is 29.2 Å². The number of alkyl halides is 3. The summed E-state index contributed by atoms with van der Waals surface area (Å²) in [7, 11) is 0. The minimum absolute atomic E-state index is 0.179. The second-order valence-electron chi connectivity index (χ2n) is 8.31. The summed E-state index contributed by atoms with van der Waals surface area (Å²) in [6.07, 6.45) is -2.75. The Morgan fingerprint density at radius 2 is 1.59 bits per heavy atom. The summed E-state index contributed by atoms with van der Waals surface area (Å²) >= 11 is 0. The molecular weight excluding hydrogens is 447 g/mol. The number of hydrogen-bond donors (Lipinski definition) is 2. The van der Waals surface area contributed by atoms with E-state index in [1.165, 1.54) is 12.1 Å². The van der Waals surface area contributed by atoms with E-state index in [4.69, 9.17) is 0 Å². The zero-order valence-corrected chi connectivity index (χ0v) is 18.9. The molecule has 182 valence electrons. The SMILES string of the molecule is CCCNC(=O)[C@H](NC(=O)c1ccccc1)C1CCN(C(=O)c2ccc(C(F)(F)F)cc2)CC1. The van der Waals surface area contributed by atoms with Gasteiger partial charge in [-0.05, 0) is 61.6 Å². The van der Waals surface area contributed by atoms with Crippen molar-refractivity contribution in [2.24, 2.45) is 5.92 Å². The molecule has 2 aromatic carbocycles. The second kappa shape index (κ2) is 11.2. The van der Waals surface area contributed by atoms with Crippen molar-refractivity contribution in [1.82, 2.24) is 15.5 Å². The lowest BCUT2D eigenvalue weighted by molar-refractivity contribution is -0.137. The zero-order chi connectivity index (χ0) is 24.7. The first kappa shape index (κ1) is 25.3. The molecule has 9 heteroatoms. The third kappa shape index (κ3) is 6.36. The normalized spacial score (nSPS) is 15.5. The van der Waals surface area contributed by atoms with Crippen molar-refractivity contribution < 1.29 is 27.6 Å².